The van der Waals surface area contributed by atoms with Gasteiger partial charge >= 0.3 is 0 Å². The van der Waals surface area contributed by atoms with E-state index in [-0.39, 0.29) is 0 Å². The van der Waals surface area contributed by atoms with Crippen molar-refractivity contribution >= 4 is 5.82 Å². The molecule has 0 spiro atoms. The highest BCUT2D eigenvalue weighted by Gasteiger charge is 2.10. The maximum Gasteiger partial charge on any atom is 0.159 e. The molecule has 0 fully saturated rings. The number of nitrogens with two attached hydrogens (primary N) is 1. The fourth-order valence-electron chi connectivity index (χ4n) is 2.04. The van der Waals surface area contributed by atoms with Gasteiger partial charge in [-0.3, -0.25) is 0 Å². The largest absolute Gasteiger partial charge is 0.384 e. The summed E-state index contributed by atoms with van der Waals surface area (Å²) >= 11 is 0. The van der Waals surface area contributed by atoms with Gasteiger partial charge in [-0.1, -0.05) is 20.8 Å². The van der Waals surface area contributed by atoms with E-state index in [4.69, 9.17) is 5.73 Å². The maximum absolute atomic E-state index is 5.87. The highest BCUT2D eigenvalue weighted by atomic mass is 15.3. The molecule has 0 aliphatic carbocycles. The highest BCUT2D eigenvalue weighted by molar-refractivity contribution is 5.38. The highest BCUT2D eigenvalue weighted by Crippen LogP contribution is 2.14. The van der Waals surface area contributed by atoms with Crippen LogP contribution in [0.3, 0.4) is 0 Å². The van der Waals surface area contributed by atoms with Gasteiger partial charge in [0.2, 0.25) is 0 Å². The number of hydrogen-bond donors (Lipinski definition) is 1. The van der Waals surface area contributed by atoms with Crippen LogP contribution in [-0.4, -0.2) is 19.7 Å². The number of aromatic nitrogens is 4. The van der Waals surface area contributed by atoms with Crippen molar-refractivity contribution in [2.24, 2.45) is 0 Å². The fraction of sp³-hybridized carbons (Fsp3) is 0.500. The molecule has 0 bridgehead atoms. The molecule has 0 saturated heterocycles. The molecule has 102 valence electrons. The van der Waals surface area contributed by atoms with E-state index < -0.39 is 0 Å². The smallest absolute Gasteiger partial charge is 0.159 e. The number of nitrogen functional groups attached to an aromatic ring is 1. The first-order valence-electron chi connectivity index (χ1n) is 6.89. The zero-order chi connectivity index (χ0) is 13.8. The van der Waals surface area contributed by atoms with E-state index in [1.165, 1.54) is 0 Å². The standard InChI is InChI=1S/C14H21N5/c1-4-7-13-16-12(15)9-14(17-13)19-11(6-3)8-10(5-2)18-19/h8-9H,4-7H2,1-3H3,(H2,15,16,17). The lowest BCUT2D eigenvalue weighted by atomic mass is 10.2. The Morgan fingerprint density at radius 2 is 1.89 bits per heavy atom. The Morgan fingerprint density at radius 1 is 1.11 bits per heavy atom. The summed E-state index contributed by atoms with van der Waals surface area (Å²) < 4.78 is 1.88. The number of anilines is 1. The van der Waals surface area contributed by atoms with Gasteiger partial charge in [-0.2, -0.15) is 5.10 Å². The normalized spacial score (nSPS) is 10.9. The minimum atomic E-state index is 0.504. The molecule has 0 aromatic carbocycles. The molecule has 19 heavy (non-hydrogen) atoms. The summed E-state index contributed by atoms with van der Waals surface area (Å²) in [7, 11) is 0. The lowest BCUT2D eigenvalue weighted by Gasteiger charge is -2.07. The predicted molar refractivity (Wildman–Crippen MR) is 76.3 cm³/mol. The molecule has 2 rings (SSSR count). The molecular weight excluding hydrogens is 238 g/mol. The molecule has 5 nitrogen and oxygen atoms in total. The number of aryl methyl sites for hydroxylation is 3. The second kappa shape index (κ2) is 5.82. The lowest BCUT2D eigenvalue weighted by Crippen LogP contribution is -2.09. The van der Waals surface area contributed by atoms with Gasteiger partial charge in [-0.25, -0.2) is 14.6 Å². The number of rotatable bonds is 5. The van der Waals surface area contributed by atoms with Crippen LogP contribution in [0.2, 0.25) is 0 Å². The average molecular weight is 259 g/mol. The molecule has 2 N–H and O–H groups in total. The van der Waals surface area contributed by atoms with Crippen molar-refractivity contribution in [1.29, 1.82) is 0 Å². The van der Waals surface area contributed by atoms with Gasteiger partial charge < -0.3 is 5.73 Å². The van der Waals surface area contributed by atoms with Crippen LogP contribution in [0.4, 0.5) is 5.82 Å². The minimum absolute atomic E-state index is 0.504. The molecule has 2 aromatic rings. The predicted octanol–water partition coefficient (Wildman–Crippen LogP) is 2.32. The Bertz CT molecular complexity index is 559. The Labute approximate surface area is 113 Å². The number of nitrogens with zero attached hydrogens (tertiary/aromatic N) is 4. The van der Waals surface area contributed by atoms with Crippen molar-refractivity contribution in [3.8, 4) is 5.82 Å². The summed E-state index contributed by atoms with van der Waals surface area (Å²) in [5.74, 6) is 2.06. The summed E-state index contributed by atoms with van der Waals surface area (Å²) in [6.45, 7) is 6.32. The molecule has 0 aliphatic rings. The third-order valence-corrected chi connectivity index (χ3v) is 3.03. The summed E-state index contributed by atoms with van der Waals surface area (Å²) in [4.78, 5) is 8.82. The fourth-order valence-corrected chi connectivity index (χ4v) is 2.04. The zero-order valence-corrected chi connectivity index (χ0v) is 11.8. The monoisotopic (exact) mass is 259 g/mol. The first-order chi connectivity index (χ1) is 9.17. The van der Waals surface area contributed by atoms with E-state index in [1.807, 2.05) is 4.68 Å². The quantitative estimate of drug-likeness (QED) is 0.894. The Kier molecular flexibility index (Phi) is 4.14. The van der Waals surface area contributed by atoms with Crippen LogP contribution in [0.15, 0.2) is 12.1 Å². The molecule has 0 unspecified atom stereocenters. The van der Waals surface area contributed by atoms with Crippen molar-refractivity contribution in [2.45, 2.75) is 46.5 Å². The molecule has 0 atom stereocenters. The molecule has 0 saturated carbocycles. The molecule has 5 heteroatoms. The summed E-state index contributed by atoms with van der Waals surface area (Å²) in [5, 5.41) is 4.58. The third-order valence-electron chi connectivity index (χ3n) is 3.03. The van der Waals surface area contributed by atoms with E-state index in [2.05, 4.69) is 41.9 Å². The van der Waals surface area contributed by atoms with Crippen LogP contribution in [-0.2, 0) is 19.3 Å². The van der Waals surface area contributed by atoms with Crippen molar-refractivity contribution in [1.82, 2.24) is 19.7 Å². The summed E-state index contributed by atoms with van der Waals surface area (Å²) in [6, 6.07) is 3.91. The Morgan fingerprint density at radius 3 is 2.53 bits per heavy atom. The van der Waals surface area contributed by atoms with Gasteiger partial charge in [0.1, 0.15) is 11.6 Å². The maximum atomic E-state index is 5.87. The van der Waals surface area contributed by atoms with E-state index in [0.717, 1.165) is 48.7 Å². The van der Waals surface area contributed by atoms with Gasteiger partial charge in [0.05, 0.1) is 5.69 Å². The molecule has 0 amide bonds. The van der Waals surface area contributed by atoms with Crippen molar-refractivity contribution in [2.75, 3.05) is 5.73 Å². The van der Waals surface area contributed by atoms with E-state index >= 15 is 0 Å². The average Bonchev–Trinajstić information content (AvgIpc) is 2.81. The van der Waals surface area contributed by atoms with E-state index in [9.17, 15) is 0 Å². The van der Waals surface area contributed by atoms with Crippen LogP contribution < -0.4 is 5.73 Å². The van der Waals surface area contributed by atoms with E-state index in [0.29, 0.717) is 5.82 Å². The van der Waals surface area contributed by atoms with Crippen LogP contribution in [0.5, 0.6) is 0 Å². The first kappa shape index (κ1) is 13.5. The van der Waals surface area contributed by atoms with Crippen LogP contribution >= 0.6 is 0 Å². The first-order valence-corrected chi connectivity index (χ1v) is 6.89. The van der Waals surface area contributed by atoms with Gasteiger partial charge in [-0.05, 0) is 25.3 Å². The summed E-state index contributed by atoms with van der Waals surface area (Å²) in [6.07, 6.45) is 3.67. The van der Waals surface area contributed by atoms with E-state index in [1.54, 1.807) is 6.07 Å². The molecule has 0 radical (unpaired) electrons. The van der Waals surface area contributed by atoms with Gasteiger partial charge in [0.15, 0.2) is 5.82 Å². The van der Waals surface area contributed by atoms with Crippen molar-refractivity contribution < 1.29 is 0 Å². The summed E-state index contributed by atoms with van der Waals surface area (Å²) in [5.41, 5.74) is 8.09. The zero-order valence-electron chi connectivity index (χ0n) is 11.8. The minimum Gasteiger partial charge on any atom is -0.384 e. The van der Waals surface area contributed by atoms with Crippen LogP contribution in [0.1, 0.15) is 44.4 Å². The van der Waals surface area contributed by atoms with Gasteiger partial charge in [0, 0.05) is 18.2 Å². The second-order valence-corrected chi connectivity index (χ2v) is 4.56. The SMILES string of the molecule is CCCc1nc(N)cc(-n2nc(CC)cc2CC)n1. The topological polar surface area (TPSA) is 69.6 Å². The lowest BCUT2D eigenvalue weighted by molar-refractivity contribution is 0.747. The van der Waals surface area contributed by atoms with Crippen molar-refractivity contribution in [3.63, 3.8) is 0 Å². The Hall–Kier alpha value is -1.91. The molecule has 2 heterocycles. The molecule has 2 aromatic heterocycles. The second-order valence-electron chi connectivity index (χ2n) is 4.56. The van der Waals surface area contributed by atoms with Gasteiger partial charge in [-0.15, -0.1) is 0 Å². The Balaban J connectivity index is 2.48. The van der Waals surface area contributed by atoms with Crippen LogP contribution in [0.25, 0.3) is 5.82 Å². The van der Waals surface area contributed by atoms with Gasteiger partial charge in [0.25, 0.3) is 0 Å². The number of hydrogen-bond acceptors (Lipinski definition) is 4. The third kappa shape index (κ3) is 2.92. The molecule has 0 aliphatic heterocycles. The van der Waals surface area contributed by atoms with Crippen LogP contribution in [0, 0.1) is 0 Å². The molecular formula is C14H21N5. The van der Waals surface area contributed by atoms with Crippen molar-refractivity contribution in [3.05, 3.63) is 29.3 Å².